The number of aromatic nitrogens is 22. The number of hydrogen-bond donors (Lipinski definition) is 0. The molecule has 30 nitrogen and oxygen atoms in total. The molecule has 8 aromatic heterocycles. The highest BCUT2D eigenvalue weighted by atomic mass is 35.5. The molecule has 0 saturated carbocycles. The first kappa shape index (κ1) is 85.5. The molecule has 33 heteroatoms. The van der Waals surface area contributed by atoms with Gasteiger partial charge >= 0.3 is 0 Å². The number of tetrazole rings is 4. The van der Waals surface area contributed by atoms with Crippen LogP contribution in [0.1, 0.15) is 172 Å². The maximum absolute atomic E-state index is 13.9. The molecular weight excluding hydrogens is 1560 g/mol. The Hall–Kier alpha value is -13.4. The van der Waals surface area contributed by atoms with Gasteiger partial charge in [-0.05, 0) is 193 Å². The molecule has 0 fully saturated rings. The van der Waals surface area contributed by atoms with Crippen LogP contribution >= 0.6 is 11.6 Å². The van der Waals surface area contributed by atoms with E-state index in [0.29, 0.717) is 95.4 Å². The van der Waals surface area contributed by atoms with Crippen LogP contribution in [0.15, 0.2) is 175 Å². The van der Waals surface area contributed by atoms with Crippen LogP contribution in [0, 0.1) is 31.4 Å². The van der Waals surface area contributed by atoms with E-state index in [2.05, 4.69) is 165 Å². The van der Waals surface area contributed by atoms with Crippen molar-refractivity contribution in [3.8, 4) is 0 Å². The SMILES string of the molecule is CC1=C(c2ccc(CC(=O)c3cccc(F)c3F)cc2)CN(c2nnn(CC(C)C)n2)CC1.CC1=C(c2cnc(CC(=O)c3ccccc3Cl)cn2)CN(c2nnn(C)n2)CC1.CC1=C(c2cnc(CC(=O)c3cnccc3C)cn2)CN(c2nnn(C)n2)CC1.CCn1nnc(N2CCC(C)=C(c3ccc(CC(=O)c4cccnc4C)cc3)C2)n1. The van der Waals surface area contributed by atoms with Crippen LogP contribution in [0.4, 0.5) is 32.6 Å². The van der Waals surface area contributed by atoms with E-state index in [-0.39, 0.29) is 42.2 Å². The largest absolute Gasteiger partial charge is 0.334 e. The molecule has 0 radical (unpaired) electrons. The highest BCUT2D eigenvalue weighted by Crippen LogP contribution is 2.33. The van der Waals surface area contributed by atoms with Crippen molar-refractivity contribution in [3.63, 3.8) is 0 Å². The van der Waals surface area contributed by atoms with E-state index in [1.165, 1.54) is 60.7 Å². The predicted molar refractivity (Wildman–Crippen MR) is 456 cm³/mol. The maximum Gasteiger partial charge on any atom is 0.266 e. The van der Waals surface area contributed by atoms with Crippen molar-refractivity contribution in [2.24, 2.45) is 20.0 Å². The number of ketones is 4. The lowest BCUT2D eigenvalue weighted by Gasteiger charge is -2.29. The molecule has 0 aliphatic carbocycles. The van der Waals surface area contributed by atoms with Gasteiger partial charge in [0.15, 0.2) is 34.8 Å². The fraction of sp³-hybridized carbons (Fsp3) is 0.341. The number of pyridine rings is 2. The molecule has 0 unspecified atom stereocenters. The minimum atomic E-state index is -1.10. The van der Waals surface area contributed by atoms with Crippen LogP contribution in [0.3, 0.4) is 0 Å². The Morgan fingerprint density at radius 3 is 1.32 bits per heavy atom. The van der Waals surface area contributed by atoms with Crippen LogP contribution in [-0.2, 0) is 52.9 Å². The number of carbonyl (C=O) groups excluding carboxylic acids is 4. The fourth-order valence-electron chi connectivity index (χ4n) is 14.3. The number of carbonyl (C=O) groups is 4. The van der Waals surface area contributed by atoms with Crippen LogP contribution in [0.5, 0.6) is 0 Å². The van der Waals surface area contributed by atoms with Crippen molar-refractivity contribution >= 4 is 80.8 Å². The zero-order chi connectivity index (χ0) is 85.4. The molecule has 0 bridgehead atoms. The average molecular weight is 1650 g/mol. The number of aryl methyl sites for hydroxylation is 5. The summed E-state index contributed by atoms with van der Waals surface area (Å²) in [7, 11) is 3.50. The summed E-state index contributed by atoms with van der Waals surface area (Å²) in [6.07, 6.45) is 16.2. The van der Waals surface area contributed by atoms with E-state index in [4.69, 9.17) is 11.6 Å². The molecular formula is C88H95ClF2N26O4. The monoisotopic (exact) mass is 1650 g/mol. The number of hydrogen-bond acceptors (Lipinski definition) is 26. The summed E-state index contributed by atoms with van der Waals surface area (Å²) in [5, 5.41) is 50.7. The van der Waals surface area contributed by atoms with Crippen LogP contribution in [-0.4, -0.2) is 186 Å². The maximum atomic E-state index is 13.9. The van der Waals surface area contributed by atoms with Gasteiger partial charge in [0, 0.05) is 119 Å². The molecule has 4 aliphatic heterocycles. The number of nitrogens with zero attached hydrogens (tertiary/aromatic N) is 26. The molecule has 12 aromatic rings. The highest BCUT2D eigenvalue weighted by molar-refractivity contribution is 6.34. The first-order chi connectivity index (χ1) is 58.4. The molecule has 0 spiro atoms. The Bertz CT molecular complexity index is 5660. The Labute approximate surface area is 704 Å². The molecule has 0 amide bonds. The van der Waals surface area contributed by atoms with Crippen molar-refractivity contribution in [3.05, 3.63) is 270 Å². The third-order valence-corrected chi connectivity index (χ3v) is 21.8. The van der Waals surface area contributed by atoms with Crippen molar-refractivity contribution in [1.82, 2.24) is 111 Å². The van der Waals surface area contributed by atoms with Gasteiger partial charge in [-0.3, -0.25) is 49.1 Å². The van der Waals surface area contributed by atoms with Crippen molar-refractivity contribution in [1.29, 1.82) is 0 Å². The molecule has 0 N–H and O–H groups in total. The van der Waals surface area contributed by atoms with E-state index < -0.39 is 17.4 Å². The smallest absolute Gasteiger partial charge is 0.266 e. The third kappa shape index (κ3) is 21.7. The van der Waals surface area contributed by atoms with E-state index in [1.54, 1.807) is 97.4 Å². The zero-order valence-electron chi connectivity index (χ0n) is 69.6. The van der Waals surface area contributed by atoms with Gasteiger partial charge in [-0.25, -0.2) is 8.78 Å². The molecule has 12 heterocycles. The second kappa shape index (κ2) is 39.5. The standard InChI is InChI=1S/C25H27F2N5O.C23H26N6O.C20H20ClN7O.C20H22N8O/c1-16(2)14-32-29-25(28-30-32)31-12-11-17(3)21(15-31)19-9-7-18(8-10-19)13-23(33)20-5-4-6-22(26)24(20)27;1-4-29-26-23(25-27-29)28-13-11-16(2)21(15-28)19-9-7-18(8-10-19)14-22(30)20-6-5-12-24-17(20)3;1-13-7-8-28(20-24-26-27(2)25-20)12-16(13)18-11-22-14(10-23-18)9-19(29)15-5-3-4-6-17(15)21;1-13-4-6-21-10-16(13)19(29)8-15-9-23-18(11-22-15)17-12-28(7-5-14(17)2)20-24-26-27(3)25-20/h4-10,16H,11-15H2,1-3H3;5-10,12H,4,11,13-15H2,1-3H3;3-6,10-11H,7-9,12H2,1-2H3;4,6,9-11H,5,7-8,12H2,1-3H3. The summed E-state index contributed by atoms with van der Waals surface area (Å²) in [5.41, 5.74) is 20.0. The molecule has 0 atom stereocenters. The predicted octanol–water partition coefficient (Wildman–Crippen LogP) is 12.8. The average Bonchev–Trinajstić information content (AvgIpc) is 1.81. The third-order valence-electron chi connectivity index (χ3n) is 21.4. The lowest BCUT2D eigenvalue weighted by atomic mass is 9.93. The van der Waals surface area contributed by atoms with E-state index in [0.717, 1.165) is 121 Å². The molecule has 4 aliphatic rings. The van der Waals surface area contributed by atoms with E-state index in [9.17, 15) is 28.0 Å². The second-order valence-corrected chi connectivity index (χ2v) is 31.1. The van der Waals surface area contributed by atoms with Crippen molar-refractivity contribution in [2.45, 2.75) is 127 Å². The quantitative estimate of drug-likeness (QED) is 0.0537. The van der Waals surface area contributed by atoms with Crippen LogP contribution in [0.2, 0.25) is 5.02 Å². The zero-order valence-corrected chi connectivity index (χ0v) is 70.4. The van der Waals surface area contributed by atoms with Gasteiger partial charge in [0.2, 0.25) is 0 Å². The highest BCUT2D eigenvalue weighted by Gasteiger charge is 2.28. The number of benzene rings is 4. The van der Waals surface area contributed by atoms with Gasteiger partial charge in [0.25, 0.3) is 23.8 Å². The summed E-state index contributed by atoms with van der Waals surface area (Å²) < 4.78 is 27.4. The minimum absolute atomic E-state index is 0.00762. The Balaban J connectivity index is 0.000000139. The first-order valence-electron chi connectivity index (χ1n) is 40.1. The Morgan fingerprint density at radius 2 is 0.868 bits per heavy atom. The fourth-order valence-corrected chi connectivity index (χ4v) is 14.6. The molecule has 121 heavy (non-hydrogen) atoms. The van der Waals surface area contributed by atoms with E-state index in [1.807, 2.05) is 69.3 Å². The summed E-state index contributed by atoms with van der Waals surface area (Å²) in [4.78, 5) is 91.0. The Morgan fingerprint density at radius 1 is 0.430 bits per heavy atom. The summed E-state index contributed by atoms with van der Waals surface area (Å²) in [5.74, 6) is 0.403. The second-order valence-electron chi connectivity index (χ2n) is 30.7. The van der Waals surface area contributed by atoms with Gasteiger partial charge in [0.05, 0.1) is 85.8 Å². The number of Topliss-reactive ketones (excluding diaryl/α,β-unsaturated/α-hetero) is 4. The van der Waals surface area contributed by atoms with Gasteiger partial charge in [0.1, 0.15) is 0 Å². The summed E-state index contributed by atoms with van der Waals surface area (Å²) >= 11 is 6.11. The van der Waals surface area contributed by atoms with Gasteiger partial charge in [-0.15, -0.1) is 20.4 Å². The van der Waals surface area contributed by atoms with Gasteiger partial charge in [-0.2, -0.15) is 19.2 Å². The van der Waals surface area contributed by atoms with Crippen molar-refractivity contribution < 1.29 is 28.0 Å². The van der Waals surface area contributed by atoms with Crippen molar-refractivity contribution in [2.75, 3.05) is 72.0 Å². The summed E-state index contributed by atoms with van der Waals surface area (Å²) in [6, 6.07) is 32.1. The van der Waals surface area contributed by atoms with Gasteiger partial charge in [-0.1, -0.05) is 135 Å². The molecule has 16 rings (SSSR count). The topological polar surface area (TPSA) is 333 Å². The van der Waals surface area contributed by atoms with Gasteiger partial charge < -0.3 is 19.6 Å². The Kier molecular flexibility index (Phi) is 27.9. The number of halogens is 3. The minimum Gasteiger partial charge on any atom is -0.334 e. The van der Waals surface area contributed by atoms with Crippen LogP contribution in [0.25, 0.3) is 22.3 Å². The number of anilines is 4. The van der Waals surface area contributed by atoms with Crippen LogP contribution < -0.4 is 19.6 Å². The first-order valence-corrected chi connectivity index (χ1v) is 40.5. The lowest BCUT2D eigenvalue weighted by Crippen LogP contribution is -2.32. The molecule has 4 aromatic carbocycles. The number of rotatable bonds is 23. The van der Waals surface area contributed by atoms with E-state index >= 15 is 0 Å². The molecule has 0 saturated heterocycles. The lowest BCUT2D eigenvalue weighted by molar-refractivity contribution is 0.0980. The summed E-state index contributed by atoms with van der Waals surface area (Å²) in [6.45, 7) is 26.1. The normalized spacial score (nSPS) is 14.3. The molecule has 622 valence electrons.